The van der Waals surface area contributed by atoms with Gasteiger partial charge in [0.2, 0.25) is 0 Å². The summed E-state index contributed by atoms with van der Waals surface area (Å²) in [6, 6.07) is 7.77. The zero-order valence-corrected chi connectivity index (χ0v) is 15.1. The quantitative estimate of drug-likeness (QED) is 0.899. The first-order valence-electron chi connectivity index (χ1n) is 9.08. The number of aromatic nitrogens is 1. The van der Waals surface area contributed by atoms with Crippen LogP contribution in [0.25, 0.3) is 0 Å². The van der Waals surface area contributed by atoms with Crippen molar-refractivity contribution in [1.82, 2.24) is 4.98 Å². The molecule has 1 aromatic heterocycles. The number of nitrogens with zero attached hydrogens (tertiary/aromatic N) is 2. The lowest BCUT2D eigenvalue weighted by Crippen LogP contribution is -2.25. The summed E-state index contributed by atoms with van der Waals surface area (Å²) in [5, 5.41) is 9.44. The third-order valence-corrected chi connectivity index (χ3v) is 4.90. The van der Waals surface area contributed by atoms with Crippen LogP contribution in [0.15, 0.2) is 30.5 Å². The summed E-state index contributed by atoms with van der Waals surface area (Å²) in [6.45, 7) is 6.17. The van der Waals surface area contributed by atoms with E-state index in [1.165, 1.54) is 31.2 Å². The van der Waals surface area contributed by atoms with Crippen LogP contribution in [0.2, 0.25) is 0 Å². The van der Waals surface area contributed by atoms with Crippen molar-refractivity contribution in [3.8, 4) is 0 Å². The molecule has 4 heteroatoms. The zero-order chi connectivity index (χ0) is 17.8. The molecule has 0 atom stereocenters. The van der Waals surface area contributed by atoms with Crippen LogP contribution in [0, 0.1) is 13.8 Å². The molecule has 0 aliphatic carbocycles. The van der Waals surface area contributed by atoms with Gasteiger partial charge in [0.05, 0.1) is 5.56 Å². The Hall–Kier alpha value is -2.36. The molecule has 3 rings (SSSR count). The minimum atomic E-state index is -0.871. The Bertz CT molecular complexity index is 762. The van der Waals surface area contributed by atoms with E-state index in [1.807, 2.05) is 25.3 Å². The van der Waals surface area contributed by atoms with Gasteiger partial charge in [-0.05, 0) is 55.9 Å². The number of pyridine rings is 1. The maximum absolute atomic E-state index is 11.5. The van der Waals surface area contributed by atoms with Gasteiger partial charge < -0.3 is 10.0 Å². The molecule has 2 heterocycles. The van der Waals surface area contributed by atoms with E-state index in [1.54, 1.807) is 6.07 Å². The van der Waals surface area contributed by atoms with Crippen LogP contribution >= 0.6 is 0 Å². The van der Waals surface area contributed by atoms with Crippen molar-refractivity contribution >= 4 is 11.8 Å². The number of carboxylic acid groups (broad SMARTS) is 1. The second-order valence-corrected chi connectivity index (χ2v) is 7.03. The first kappa shape index (κ1) is 17.5. The molecular weight excluding hydrogens is 312 g/mol. The molecule has 0 saturated carbocycles. The van der Waals surface area contributed by atoms with Crippen LogP contribution in [-0.2, 0) is 6.42 Å². The van der Waals surface area contributed by atoms with Crippen molar-refractivity contribution in [3.63, 3.8) is 0 Å². The van der Waals surface area contributed by atoms with E-state index in [-0.39, 0.29) is 0 Å². The number of carboxylic acids is 1. The van der Waals surface area contributed by atoms with Gasteiger partial charge in [-0.2, -0.15) is 0 Å². The number of anilines is 1. The Morgan fingerprint density at radius 1 is 1.12 bits per heavy atom. The Balaban J connectivity index is 1.83. The molecule has 132 valence electrons. The summed E-state index contributed by atoms with van der Waals surface area (Å²) >= 11 is 0. The Kier molecular flexibility index (Phi) is 5.37. The normalized spacial score (nSPS) is 15.0. The first-order chi connectivity index (χ1) is 12.0. The van der Waals surface area contributed by atoms with Crippen LogP contribution in [0.3, 0.4) is 0 Å². The third-order valence-electron chi connectivity index (χ3n) is 4.90. The molecule has 0 bridgehead atoms. The molecule has 0 amide bonds. The average Bonchev–Trinajstić information content (AvgIpc) is 2.85. The number of hydrogen-bond acceptors (Lipinski definition) is 3. The topological polar surface area (TPSA) is 53.4 Å². The molecular formula is C21H26N2O2. The van der Waals surface area contributed by atoms with Crippen LogP contribution in [0.5, 0.6) is 0 Å². The maximum Gasteiger partial charge on any atom is 0.335 e. The minimum absolute atomic E-state index is 0.384. The molecule has 4 nitrogen and oxygen atoms in total. The number of hydrogen-bond donors (Lipinski definition) is 1. The minimum Gasteiger partial charge on any atom is -0.478 e. The van der Waals surface area contributed by atoms with E-state index in [0.29, 0.717) is 12.0 Å². The zero-order valence-electron chi connectivity index (χ0n) is 15.1. The average molecular weight is 338 g/mol. The fraction of sp³-hybridized carbons (Fsp3) is 0.429. The van der Waals surface area contributed by atoms with Gasteiger partial charge in [0.25, 0.3) is 0 Å². The summed E-state index contributed by atoms with van der Waals surface area (Å²) in [4.78, 5) is 18.6. The highest BCUT2D eigenvalue weighted by molar-refractivity contribution is 5.89. The largest absolute Gasteiger partial charge is 0.478 e. The molecule has 0 radical (unpaired) electrons. The van der Waals surface area contributed by atoms with Gasteiger partial charge in [0, 0.05) is 19.3 Å². The number of benzene rings is 1. The van der Waals surface area contributed by atoms with Gasteiger partial charge in [0.1, 0.15) is 5.82 Å². The van der Waals surface area contributed by atoms with Gasteiger partial charge in [-0.15, -0.1) is 0 Å². The van der Waals surface area contributed by atoms with E-state index < -0.39 is 5.97 Å². The molecule has 1 N–H and O–H groups in total. The van der Waals surface area contributed by atoms with E-state index >= 15 is 0 Å². The molecule has 0 unspecified atom stereocenters. The lowest BCUT2D eigenvalue weighted by atomic mass is 9.98. The maximum atomic E-state index is 11.5. The second-order valence-electron chi connectivity index (χ2n) is 7.03. The van der Waals surface area contributed by atoms with Gasteiger partial charge in [-0.1, -0.05) is 36.6 Å². The van der Waals surface area contributed by atoms with Crippen molar-refractivity contribution in [2.75, 3.05) is 18.0 Å². The van der Waals surface area contributed by atoms with E-state index in [4.69, 9.17) is 4.98 Å². The number of rotatable bonds is 4. The summed E-state index contributed by atoms with van der Waals surface area (Å²) in [7, 11) is 0. The SMILES string of the molecule is Cc1ccc(Cc2cnc(N3CCCCCC3)c(C)c2)c(C(=O)O)c1. The van der Waals surface area contributed by atoms with Gasteiger partial charge in [-0.25, -0.2) is 9.78 Å². The fourth-order valence-corrected chi connectivity index (χ4v) is 3.60. The van der Waals surface area contributed by atoms with E-state index in [2.05, 4.69) is 17.9 Å². The second kappa shape index (κ2) is 7.68. The fourth-order valence-electron chi connectivity index (χ4n) is 3.60. The molecule has 25 heavy (non-hydrogen) atoms. The predicted molar refractivity (Wildman–Crippen MR) is 101 cm³/mol. The highest BCUT2D eigenvalue weighted by Crippen LogP contribution is 2.23. The predicted octanol–water partition coefficient (Wildman–Crippen LogP) is 4.37. The van der Waals surface area contributed by atoms with Crippen LogP contribution in [0.4, 0.5) is 5.82 Å². The van der Waals surface area contributed by atoms with Crippen LogP contribution in [-0.4, -0.2) is 29.1 Å². The van der Waals surface area contributed by atoms with Gasteiger partial charge in [0.15, 0.2) is 0 Å². The Morgan fingerprint density at radius 3 is 2.48 bits per heavy atom. The molecule has 1 aromatic carbocycles. The standard InChI is InChI=1S/C21H26N2O2/c1-15-7-8-18(19(11-15)21(24)25)13-17-12-16(2)20(22-14-17)23-9-5-3-4-6-10-23/h7-8,11-12,14H,3-6,9-10,13H2,1-2H3,(H,24,25). The smallest absolute Gasteiger partial charge is 0.335 e. The Morgan fingerprint density at radius 2 is 1.84 bits per heavy atom. The first-order valence-corrected chi connectivity index (χ1v) is 9.08. The summed E-state index contributed by atoms with van der Waals surface area (Å²) in [5.74, 6) is 0.206. The van der Waals surface area contributed by atoms with Gasteiger partial charge in [-0.3, -0.25) is 0 Å². The summed E-state index contributed by atoms with van der Waals surface area (Å²) in [5.41, 5.74) is 4.41. The molecule has 1 fully saturated rings. The number of aryl methyl sites for hydroxylation is 2. The summed E-state index contributed by atoms with van der Waals surface area (Å²) < 4.78 is 0. The molecule has 1 saturated heterocycles. The van der Waals surface area contributed by atoms with Crippen LogP contribution < -0.4 is 4.90 Å². The highest BCUT2D eigenvalue weighted by Gasteiger charge is 2.15. The molecule has 0 spiro atoms. The lowest BCUT2D eigenvalue weighted by Gasteiger charge is -2.23. The molecule has 1 aliphatic heterocycles. The summed E-state index contributed by atoms with van der Waals surface area (Å²) in [6.07, 6.45) is 7.56. The van der Waals surface area contributed by atoms with Crippen molar-refractivity contribution < 1.29 is 9.90 Å². The molecule has 1 aliphatic rings. The van der Waals surface area contributed by atoms with Crippen molar-refractivity contribution in [2.24, 2.45) is 0 Å². The number of carbonyl (C=O) groups is 1. The van der Waals surface area contributed by atoms with Crippen molar-refractivity contribution in [1.29, 1.82) is 0 Å². The third kappa shape index (κ3) is 4.19. The Labute approximate surface area is 149 Å². The molecule has 2 aromatic rings. The lowest BCUT2D eigenvalue weighted by molar-refractivity contribution is 0.0695. The van der Waals surface area contributed by atoms with E-state index in [9.17, 15) is 9.90 Å². The highest BCUT2D eigenvalue weighted by atomic mass is 16.4. The van der Waals surface area contributed by atoms with Crippen molar-refractivity contribution in [3.05, 3.63) is 58.3 Å². The number of aromatic carboxylic acids is 1. The monoisotopic (exact) mass is 338 g/mol. The van der Waals surface area contributed by atoms with Crippen molar-refractivity contribution in [2.45, 2.75) is 46.0 Å². The van der Waals surface area contributed by atoms with E-state index in [0.717, 1.165) is 35.6 Å². The van der Waals surface area contributed by atoms with Crippen LogP contribution in [0.1, 0.15) is 58.3 Å². The van der Waals surface area contributed by atoms with Gasteiger partial charge >= 0.3 is 5.97 Å².